The Hall–Kier alpha value is -4.86. The van der Waals surface area contributed by atoms with Gasteiger partial charge in [-0.1, -0.05) is 18.2 Å². The third-order valence-electron chi connectivity index (χ3n) is 7.07. The summed E-state index contributed by atoms with van der Waals surface area (Å²) in [7, 11) is 0. The molecule has 3 aromatic carbocycles. The van der Waals surface area contributed by atoms with Crippen molar-refractivity contribution in [1.29, 1.82) is 0 Å². The summed E-state index contributed by atoms with van der Waals surface area (Å²) in [6.07, 6.45) is -9.39. The lowest BCUT2D eigenvalue weighted by Crippen LogP contribution is -2.60. The molecule has 0 amide bonds. The molecule has 7 atom stereocenters. The molecule has 0 radical (unpaired) electrons. The number of benzene rings is 3. The van der Waals surface area contributed by atoms with E-state index in [1.54, 1.807) is 12.1 Å². The van der Waals surface area contributed by atoms with Crippen molar-refractivity contribution < 1.29 is 69.4 Å². The fraction of sp³-hybridized carbons (Fsp3) is 0.267. The van der Waals surface area contributed by atoms with Crippen LogP contribution < -0.4 is 4.74 Å². The van der Waals surface area contributed by atoms with Crippen molar-refractivity contribution in [3.05, 3.63) is 77.4 Å². The fourth-order valence-corrected chi connectivity index (χ4v) is 4.77. The number of hydrogen-bond donors (Lipinski definition) is 8. The molecule has 2 heterocycles. The number of Topliss-reactive ketones (excluding diaryl/α,β-unsaturated/α-hetero) is 1. The van der Waals surface area contributed by atoms with Crippen LogP contribution in [0.5, 0.6) is 34.5 Å². The lowest BCUT2D eigenvalue weighted by atomic mass is 9.92. The molecule has 44 heavy (non-hydrogen) atoms. The zero-order valence-electron chi connectivity index (χ0n) is 22.6. The van der Waals surface area contributed by atoms with Crippen molar-refractivity contribution in [2.45, 2.75) is 42.9 Å². The van der Waals surface area contributed by atoms with Gasteiger partial charge >= 0.3 is 5.97 Å². The van der Waals surface area contributed by atoms with Gasteiger partial charge in [0.15, 0.2) is 30.0 Å². The normalized spacial score (nSPS) is 26.6. The van der Waals surface area contributed by atoms with Crippen molar-refractivity contribution in [2.75, 3.05) is 6.61 Å². The summed E-state index contributed by atoms with van der Waals surface area (Å²) >= 11 is 0. The molecule has 232 valence electrons. The summed E-state index contributed by atoms with van der Waals surface area (Å²) in [5.41, 5.74) is 0.312. The maximum atomic E-state index is 13.6. The molecular formula is C30H28O14. The second kappa shape index (κ2) is 12.4. The lowest BCUT2D eigenvalue weighted by molar-refractivity contribution is -0.312. The molecule has 0 saturated carbocycles. The smallest absolute Gasteiger partial charge is 0.330 e. The summed E-state index contributed by atoms with van der Waals surface area (Å²) in [5.74, 6) is -4.00. The average Bonchev–Trinajstić information content (AvgIpc) is 2.98. The van der Waals surface area contributed by atoms with E-state index in [1.165, 1.54) is 24.3 Å². The first kappa shape index (κ1) is 30.6. The highest BCUT2D eigenvalue weighted by Crippen LogP contribution is 2.44. The van der Waals surface area contributed by atoms with Crippen LogP contribution in [0.1, 0.15) is 27.6 Å². The molecule has 3 aromatic rings. The Labute approximate surface area is 248 Å². The first-order chi connectivity index (χ1) is 20.9. The minimum absolute atomic E-state index is 0.0417. The van der Waals surface area contributed by atoms with E-state index in [4.69, 9.17) is 18.9 Å². The Bertz CT molecular complexity index is 1570. The number of hydrogen-bond acceptors (Lipinski definition) is 14. The van der Waals surface area contributed by atoms with Gasteiger partial charge in [0.2, 0.25) is 5.78 Å². The largest absolute Gasteiger partial charge is 0.508 e. The summed E-state index contributed by atoms with van der Waals surface area (Å²) in [6.45, 7) is -0.600. The van der Waals surface area contributed by atoms with Crippen LogP contribution in [0.2, 0.25) is 0 Å². The van der Waals surface area contributed by atoms with Gasteiger partial charge in [0.1, 0.15) is 59.6 Å². The molecule has 14 heteroatoms. The molecule has 0 aliphatic carbocycles. The first-order valence-corrected chi connectivity index (χ1v) is 13.2. The zero-order valence-corrected chi connectivity index (χ0v) is 22.6. The van der Waals surface area contributed by atoms with Gasteiger partial charge in [-0.3, -0.25) is 4.79 Å². The third-order valence-corrected chi connectivity index (χ3v) is 7.07. The maximum Gasteiger partial charge on any atom is 0.330 e. The van der Waals surface area contributed by atoms with Gasteiger partial charge in [-0.25, -0.2) is 4.79 Å². The SMILES string of the molecule is O=C(C=Cc1ccc(O)cc1)OC[C@H]1O[C@@H](O[C@H]2C(=O)c3c(O)cc(O)cc3O[C@H]2c2ccc(O)c(O)c2)[C@H](O)[C@@H](O)[C@@H]1O. The second-order valence-electron chi connectivity index (χ2n) is 10.1. The number of fused-ring (bicyclic) bond motifs is 1. The number of ketones is 1. The van der Waals surface area contributed by atoms with Gasteiger partial charge in [-0.15, -0.1) is 0 Å². The van der Waals surface area contributed by atoms with E-state index in [0.29, 0.717) is 5.56 Å². The van der Waals surface area contributed by atoms with Gasteiger partial charge in [0.25, 0.3) is 0 Å². The Balaban J connectivity index is 1.36. The van der Waals surface area contributed by atoms with Crippen LogP contribution in [0.3, 0.4) is 0 Å². The van der Waals surface area contributed by atoms with Crippen molar-refractivity contribution in [3.8, 4) is 34.5 Å². The number of esters is 1. The predicted molar refractivity (Wildman–Crippen MR) is 147 cm³/mol. The molecule has 2 aliphatic rings. The summed E-state index contributed by atoms with van der Waals surface area (Å²) in [4.78, 5) is 25.9. The van der Waals surface area contributed by atoms with E-state index in [-0.39, 0.29) is 22.6 Å². The number of carbonyl (C=O) groups excluding carboxylic acids is 2. The molecule has 0 bridgehead atoms. The van der Waals surface area contributed by atoms with E-state index < -0.39 is 84.3 Å². The zero-order chi connectivity index (χ0) is 31.7. The minimum atomic E-state index is -1.91. The molecule has 5 rings (SSSR count). The van der Waals surface area contributed by atoms with Crippen molar-refractivity contribution in [2.24, 2.45) is 0 Å². The highest BCUT2D eigenvalue weighted by atomic mass is 16.7. The Morgan fingerprint density at radius 3 is 2.25 bits per heavy atom. The van der Waals surface area contributed by atoms with E-state index in [2.05, 4.69) is 0 Å². The Morgan fingerprint density at radius 2 is 1.55 bits per heavy atom. The van der Waals surface area contributed by atoms with E-state index >= 15 is 0 Å². The topological polar surface area (TPSA) is 233 Å². The Morgan fingerprint density at radius 1 is 0.818 bits per heavy atom. The number of aromatic hydroxyl groups is 5. The molecule has 0 unspecified atom stereocenters. The highest BCUT2D eigenvalue weighted by Gasteiger charge is 2.49. The van der Waals surface area contributed by atoms with E-state index in [0.717, 1.165) is 30.3 Å². The summed E-state index contributed by atoms with van der Waals surface area (Å²) < 4.78 is 22.4. The van der Waals surface area contributed by atoms with Gasteiger partial charge in [0.05, 0.1) is 0 Å². The molecule has 1 fully saturated rings. The number of carbonyl (C=O) groups is 2. The first-order valence-electron chi connectivity index (χ1n) is 13.2. The maximum absolute atomic E-state index is 13.6. The average molecular weight is 613 g/mol. The Kier molecular flexibility index (Phi) is 8.62. The number of ether oxygens (including phenoxy) is 4. The quantitative estimate of drug-likeness (QED) is 0.106. The summed E-state index contributed by atoms with van der Waals surface area (Å²) in [5, 5.41) is 81.1. The van der Waals surface area contributed by atoms with Crippen molar-refractivity contribution in [1.82, 2.24) is 0 Å². The van der Waals surface area contributed by atoms with Crippen LogP contribution in [0.4, 0.5) is 0 Å². The predicted octanol–water partition coefficient (Wildman–Crippen LogP) is 0.980. The van der Waals surface area contributed by atoms with Crippen LogP contribution in [0, 0.1) is 0 Å². The number of phenols is 5. The number of aliphatic hydroxyl groups is 3. The van der Waals surface area contributed by atoms with Gasteiger partial charge < -0.3 is 59.8 Å². The molecule has 0 spiro atoms. The monoisotopic (exact) mass is 612 g/mol. The van der Waals surface area contributed by atoms with Crippen LogP contribution in [-0.4, -0.2) is 96.0 Å². The van der Waals surface area contributed by atoms with Crippen LogP contribution in [0.15, 0.2) is 60.7 Å². The summed E-state index contributed by atoms with van der Waals surface area (Å²) in [6, 6.07) is 11.4. The van der Waals surface area contributed by atoms with Crippen LogP contribution >= 0.6 is 0 Å². The number of phenolic OH excluding ortho intramolecular Hbond substituents is 5. The van der Waals surface area contributed by atoms with Gasteiger partial charge in [-0.2, -0.15) is 0 Å². The van der Waals surface area contributed by atoms with Crippen molar-refractivity contribution in [3.63, 3.8) is 0 Å². The van der Waals surface area contributed by atoms with Crippen molar-refractivity contribution >= 4 is 17.8 Å². The highest BCUT2D eigenvalue weighted by molar-refractivity contribution is 6.05. The lowest BCUT2D eigenvalue weighted by Gasteiger charge is -2.42. The van der Waals surface area contributed by atoms with Gasteiger partial charge in [-0.05, 0) is 41.5 Å². The van der Waals surface area contributed by atoms with Crippen LogP contribution in [-0.2, 0) is 19.0 Å². The molecule has 0 aromatic heterocycles. The van der Waals surface area contributed by atoms with Crippen LogP contribution in [0.25, 0.3) is 6.08 Å². The number of aliphatic hydroxyl groups excluding tert-OH is 3. The second-order valence-corrected chi connectivity index (χ2v) is 10.1. The molecule has 2 aliphatic heterocycles. The molecule has 14 nitrogen and oxygen atoms in total. The molecule has 1 saturated heterocycles. The van der Waals surface area contributed by atoms with E-state index in [1.807, 2.05) is 0 Å². The fourth-order valence-electron chi connectivity index (χ4n) is 4.77. The number of rotatable bonds is 7. The minimum Gasteiger partial charge on any atom is -0.508 e. The van der Waals surface area contributed by atoms with E-state index in [9.17, 15) is 50.4 Å². The van der Waals surface area contributed by atoms with Gasteiger partial charge in [0, 0.05) is 18.2 Å². The third kappa shape index (κ3) is 6.24. The molecular weight excluding hydrogens is 584 g/mol. The standard InChI is InChI=1S/C30H28O14/c31-15-5-1-13(2-6-15)3-8-22(36)41-12-21-24(37)26(39)27(40)30(43-21)44-29-25(38)23-19(35)10-16(32)11-20(23)42-28(29)14-4-7-17(33)18(34)9-14/h1-11,21,24,26-35,37,39-40H,12H2/t21-,24-,26+,27-,28+,29+,30+/m1/s1. The molecule has 8 N–H and O–H groups in total.